The number of hydrogen-bond donors (Lipinski definition) is 0. The van der Waals surface area contributed by atoms with E-state index in [1.807, 2.05) is 42.6 Å². The van der Waals surface area contributed by atoms with Gasteiger partial charge in [-0.05, 0) is 23.8 Å². The molecule has 122 valence electrons. The lowest BCUT2D eigenvalue weighted by molar-refractivity contribution is -0.0166. The van der Waals surface area contributed by atoms with E-state index in [1.54, 1.807) is 6.20 Å². The van der Waals surface area contributed by atoms with Crippen LogP contribution in [0.25, 0.3) is 11.5 Å². The normalized spacial score (nSPS) is 18.6. The molecule has 1 unspecified atom stereocenters. The molecular formula is C18H18N4O2. The monoisotopic (exact) mass is 322 g/mol. The van der Waals surface area contributed by atoms with E-state index in [-0.39, 0.29) is 6.04 Å². The van der Waals surface area contributed by atoms with Gasteiger partial charge in [0, 0.05) is 31.0 Å². The maximum atomic E-state index is 5.64. The van der Waals surface area contributed by atoms with Gasteiger partial charge in [0.25, 0.3) is 5.89 Å². The third kappa shape index (κ3) is 3.20. The molecule has 24 heavy (non-hydrogen) atoms. The third-order valence-corrected chi connectivity index (χ3v) is 4.11. The van der Waals surface area contributed by atoms with Crippen molar-refractivity contribution in [3.05, 3.63) is 66.2 Å². The number of ether oxygens (including phenoxy) is 1. The van der Waals surface area contributed by atoms with E-state index >= 15 is 0 Å². The van der Waals surface area contributed by atoms with Crippen LogP contribution in [0.4, 0.5) is 0 Å². The van der Waals surface area contributed by atoms with Gasteiger partial charge in [-0.3, -0.25) is 9.88 Å². The second-order valence-corrected chi connectivity index (χ2v) is 5.75. The smallest absolute Gasteiger partial charge is 0.257 e. The van der Waals surface area contributed by atoms with Crippen molar-refractivity contribution >= 4 is 0 Å². The molecule has 1 aliphatic rings. The van der Waals surface area contributed by atoms with Crippen LogP contribution in [0, 0.1) is 0 Å². The van der Waals surface area contributed by atoms with Crippen molar-refractivity contribution < 1.29 is 9.26 Å². The molecule has 6 nitrogen and oxygen atoms in total. The lowest BCUT2D eigenvalue weighted by Gasteiger charge is -2.33. The molecule has 0 amide bonds. The Labute approximate surface area is 140 Å². The average Bonchev–Trinajstić information content (AvgIpc) is 3.14. The molecule has 0 saturated carbocycles. The first-order valence-electron chi connectivity index (χ1n) is 8.00. The van der Waals surface area contributed by atoms with Gasteiger partial charge in [-0.1, -0.05) is 29.4 Å². The molecule has 1 fully saturated rings. The Kier molecular flexibility index (Phi) is 4.31. The molecule has 1 aromatic carbocycles. The summed E-state index contributed by atoms with van der Waals surface area (Å²) in [5, 5.41) is 4.18. The van der Waals surface area contributed by atoms with Gasteiger partial charge < -0.3 is 9.26 Å². The summed E-state index contributed by atoms with van der Waals surface area (Å²) < 4.78 is 11.1. The van der Waals surface area contributed by atoms with E-state index in [9.17, 15) is 0 Å². The lowest BCUT2D eigenvalue weighted by atomic mass is 10.1. The van der Waals surface area contributed by atoms with Gasteiger partial charge in [0.1, 0.15) is 0 Å². The maximum Gasteiger partial charge on any atom is 0.257 e. The Morgan fingerprint density at radius 3 is 2.88 bits per heavy atom. The summed E-state index contributed by atoms with van der Waals surface area (Å²) in [5.41, 5.74) is 2.09. The van der Waals surface area contributed by atoms with Crippen molar-refractivity contribution in [2.45, 2.75) is 12.6 Å². The number of morpholine rings is 1. The molecule has 0 bridgehead atoms. The van der Waals surface area contributed by atoms with E-state index < -0.39 is 0 Å². The summed E-state index contributed by atoms with van der Waals surface area (Å²) in [6.07, 6.45) is 3.67. The SMILES string of the molecule is c1ccc(-c2nc(C3COCCN3Cc3cccnc3)no2)cc1. The average molecular weight is 322 g/mol. The first-order chi connectivity index (χ1) is 11.9. The Hall–Kier alpha value is -2.57. The molecule has 3 heterocycles. The van der Waals surface area contributed by atoms with Gasteiger partial charge in [0.2, 0.25) is 0 Å². The van der Waals surface area contributed by atoms with Gasteiger partial charge in [-0.15, -0.1) is 0 Å². The Balaban J connectivity index is 1.56. The van der Waals surface area contributed by atoms with Gasteiger partial charge in [-0.2, -0.15) is 4.98 Å². The van der Waals surface area contributed by atoms with Gasteiger partial charge >= 0.3 is 0 Å². The van der Waals surface area contributed by atoms with Crippen LogP contribution >= 0.6 is 0 Å². The van der Waals surface area contributed by atoms with Crippen LogP contribution in [-0.4, -0.2) is 39.8 Å². The van der Waals surface area contributed by atoms with Crippen LogP contribution in [-0.2, 0) is 11.3 Å². The molecule has 0 aliphatic carbocycles. The highest BCUT2D eigenvalue weighted by Gasteiger charge is 2.29. The third-order valence-electron chi connectivity index (χ3n) is 4.11. The minimum absolute atomic E-state index is 0.0137. The summed E-state index contributed by atoms with van der Waals surface area (Å²) in [6.45, 7) is 2.89. The van der Waals surface area contributed by atoms with Crippen LogP contribution in [0.15, 0.2) is 59.4 Å². The summed E-state index contributed by atoms with van der Waals surface area (Å²) in [4.78, 5) is 11.1. The van der Waals surface area contributed by atoms with Crippen molar-refractivity contribution in [3.63, 3.8) is 0 Å². The van der Waals surface area contributed by atoms with E-state index in [4.69, 9.17) is 9.26 Å². The molecule has 1 saturated heterocycles. The first kappa shape index (κ1) is 15.0. The Morgan fingerprint density at radius 2 is 2.04 bits per heavy atom. The predicted octanol–water partition coefficient (Wildman–Crippen LogP) is 2.71. The molecule has 0 spiro atoms. The molecular weight excluding hydrogens is 304 g/mol. The standard InChI is InChI=1S/C18H18N4O2/c1-2-6-15(7-3-1)18-20-17(21-24-18)16-13-23-10-9-22(16)12-14-5-4-8-19-11-14/h1-8,11,16H,9-10,12-13H2. The zero-order valence-electron chi connectivity index (χ0n) is 13.2. The molecule has 3 aromatic rings. The zero-order chi connectivity index (χ0) is 16.2. The number of hydrogen-bond acceptors (Lipinski definition) is 6. The highest BCUT2D eigenvalue weighted by Crippen LogP contribution is 2.26. The van der Waals surface area contributed by atoms with Crippen molar-refractivity contribution in [2.75, 3.05) is 19.8 Å². The first-order valence-corrected chi connectivity index (χ1v) is 8.00. The summed E-state index contributed by atoms with van der Waals surface area (Å²) in [6, 6.07) is 13.8. The highest BCUT2D eigenvalue weighted by atomic mass is 16.5. The highest BCUT2D eigenvalue weighted by molar-refractivity contribution is 5.52. The predicted molar refractivity (Wildman–Crippen MR) is 87.9 cm³/mol. The molecule has 6 heteroatoms. The summed E-state index contributed by atoms with van der Waals surface area (Å²) >= 11 is 0. The van der Waals surface area contributed by atoms with Crippen LogP contribution in [0.5, 0.6) is 0 Å². The van der Waals surface area contributed by atoms with E-state index in [2.05, 4.69) is 26.1 Å². The number of rotatable bonds is 4. The second-order valence-electron chi connectivity index (χ2n) is 5.75. The number of aromatic nitrogens is 3. The quantitative estimate of drug-likeness (QED) is 0.736. The molecule has 4 rings (SSSR count). The fourth-order valence-electron chi connectivity index (χ4n) is 2.86. The van der Waals surface area contributed by atoms with Gasteiger partial charge in [0.05, 0.1) is 19.3 Å². The van der Waals surface area contributed by atoms with E-state index in [0.717, 1.165) is 24.2 Å². The molecule has 1 aliphatic heterocycles. The van der Waals surface area contributed by atoms with Crippen LogP contribution in [0.2, 0.25) is 0 Å². The summed E-state index contributed by atoms with van der Waals surface area (Å²) in [7, 11) is 0. The molecule has 1 atom stereocenters. The topological polar surface area (TPSA) is 64.3 Å². The van der Waals surface area contributed by atoms with Crippen LogP contribution < -0.4 is 0 Å². The minimum Gasteiger partial charge on any atom is -0.378 e. The number of nitrogens with zero attached hydrogens (tertiary/aromatic N) is 4. The Bertz CT molecular complexity index is 776. The van der Waals surface area contributed by atoms with Crippen molar-refractivity contribution in [2.24, 2.45) is 0 Å². The van der Waals surface area contributed by atoms with Crippen LogP contribution in [0.3, 0.4) is 0 Å². The summed E-state index contributed by atoms with van der Waals surface area (Å²) in [5.74, 6) is 1.20. The fourth-order valence-corrected chi connectivity index (χ4v) is 2.86. The second kappa shape index (κ2) is 6.90. The largest absolute Gasteiger partial charge is 0.378 e. The van der Waals surface area contributed by atoms with Crippen molar-refractivity contribution in [1.29, 1.82) is 0 Å². The maximum absolute atomic E-state index is 5.64. The van der Waals surface area contributed by atoms with Crippen LogP contribution in [0.1, 0.15) is 17.4 Å². The number of pyridine rings is 1. The minimum atomic E-state index is -0.0137. The van der Waals surface area contributed by atoms with E-state index in [1.165, 1.54) is 0 Å². The lowest BCUT2D eigenvalue weighted by Crippen LogP contribution is -2.39. The van der Waals surface area contributed by atoms with Gasteiger partial charge in [0.15, 0.2) is 5.82 Å². The van der Waals surface area contributed by atoms with Crippen molar-refractivity contribution in [3.8, 4) is 11.5 Å². The number of benzene rings is 1. The molecule has 0 radical (unpaired) electrons. The zero-order valence-corrected chi connectivity index (χ0v) is 13.2. The van der Waals surface area contributed by atoms with E-state index in [0.29, 0.717) is 24.9 Å². The molecule has 2 aromatic heterocycles. The van der Waals surface area contributed by atoms with Crippen molar-refractivity contribution in [1.82, 2.24) is 20.0 Å². The molecule has 0 N–H and O–H groups in total. The fraction of sp³-hybridized carbons (Fsp3) is 0.278. The van der Waals surface area contributed by atoms with Gasteiger partial charge in [-0.25, -0.2) is 0 Å². The Morgan fingerprint density at radius 1 is 1.12 bits per heavy atom.